The summed E-state index contributed by atoms with van der Waals surface area (Å²) in [5, 5.41) is 11.5. The molecule has 2 heterocycles. The Morgan fingerprint density at radius 1 is 1.10 bits per heavy atom. The van der Waals surface area contributed by atoms with Gasteiger partial charge in [0.25, 0.3) is 0 Å². The van der Waals surface area contributed by atoms with Crippen molar-refractivity contribution in [3.63, 3.8) is 0 Å². The number of carbonyl (C=O) groups excluding carboxylic acids is 1. The number of hydrogen-bond donors (Lipinski definition) is 1. The lowest BCUT2D eigenvalue weighted by molar-refractivity contribution is -0.132. The first-order chi connectivity index (χ1) is 18.8. The first-order valence-corrected chi connectivity index (χ1v) is 13.2. The summed E-state index contributed by atoms with van der Waals surface area (Å²) in [5.74, 6) is 2.27. The van der Waals surface area contributed by atoms with Crippen molar-refractivity contribution in [1.82, 2.24) is 19.4 Å². The van der Waals surface area contributed by atoms with Gasteiger partial charge in [-0.3, -0.25) is 9.69 Å². The Morgan fingerprint density at radius 2 is 1.90 bits per heavy atom. The molecule has 39 heavy (non-hydrogen) atoms. The summed E-state index contributed by atoms with van der Waals surface area (Å²) in [7, 11) is 1.61. The number of rotatable bonds is 11. The van der Waals surface area contributed by atoms with Crippen LogP contribution in [0, 0.1) is 5.82 Å². The molecular formula is C29H37FN4O5. The summed E-state index contributed by atoms with van der Waals surface area (Å²) in [5.41, 5.74) is -0.329. The van der Waals surface area contributed by atoms with Crippen molar-refractivity contribution in [2.45, 2.75) is 39.0 Å². The van der Waals surface area contributed by atoms with Crippen molar-refractivity contribution in [1.29, 1.82) is 0 Å². The fourth-order valence-electron chi connectivity index (χ4n) is 4.79. The SMILES string of the molecule is CCc1nccn1CCOc1cc(CN2CCN(C(C)=O)CC(O)(COc3ccc(F)cc3)C2)ccc1OC. The Labute approximate surface area is 228 Å². The molecule has 1 atom stereocenters. The maximum absolute atomic E-state index is 13.3. The van der Waals surface area contributed by atoms with Crippen LogP contribution in [0.5, 0.6) is 17.2 Å². The van der Waals surface area contributed by atoms with Gasteiger partial charge in [0, 0.05) is 51.9 Å². The van der Waals surface area contributed by atoms with Gasteiger partial charge < -0.3 is 28.8 Å². The van der Waals surface area contributed by atoms with Gasteiger partial charge in [0.2, 0.25) is 5.91 Å². The molecular weight excluding hydrogens is 503 g/mol. The zero-order chi connectivity index (χ0) is 27.8. The van der Waals surface area contributed by atoms with Gasteiger partial charge in [-0.05, 0) is 42.0 Å². The van der Waals surface area contributed by atoms with E-state index in [0.717, 1.165) is 17.8 Å². The number of ether oxygens (including phenoxy) is 3. The van der Waals surface area contributed by atoms with Crippen LogP contribution in [-0.2, 0) is 24.3 Å². The van der Waals surface area contributed by atoms with Crippen molar-refractivity contribution in [2.24, 2.45) is 0 Å². The number of aromatic nitrogens is 2. The molecule has 1 amide bonds. The van der Waals surface area contributed by atoms with Crippen molar-refractivity contribution < 1.29 is 28.5 Å². The monoisotopic (exact) mass is 540 g/mol. The Balaban J connectivity index is 1.44. The van der Waals surface area contributed by atoms with E-state index in [4.69, 9.17) is 14.2 Å². The molecule has 1 saturated heterocycles. The van der Waals surface area contributed by atoms with Crippen LogP contribution < -0.4 is 14.2 Å². The molecule has 1 aliphatic rings. The normalized spacial score (nSPS) is 18.0. The molecule has 0 spiro atoms. The van der Waals surface area contributed by atoms with Gasteiger partial charge in [0.1, 0.15) is 36.2 Å². The molecule has 3 aromatic rings. The predicted octanol–water partition coefficient (Wildman–Crippen LogP) is 3.15. The third-order valence-corrected chi connectivity index (χ3v) is 6.80. The van der Waals surface area contributed by atoms with Gasteiger partial charge >= 0.3 is 0 Å². The molecule has 1 unspecified atom stereocenters. The van der Waals surface area contributed by atoms with E-state index in [1.165, 1.54) is 31.2 Å². The molecule has 1 aromatic heterocycles. The second-order valence-corrected chi connectivity index (χ2v) is 9.84. The summed E-state index contributed by atoms with van der Waals surface area (Å²) in [6.07, 6.45) is 4.59. The molecule has 0 radical (unpaired) electrons. The van der Waals surface area contributed by atoms with Gasteiger partial charge in [-0.15, -0.1) is 0 Å². The molecule has 10 heteroatoms. The Morgan fingerprint density at radius 3 is 2.62 bits per heavy atom. The van der Waals surface area contributed by atoms with E-state index in [1.807, 2.05) is 24.4 Å². The number of halogens is 1. The number of aryl methyl sites for hydroxylation is 1. The average molecular weight is 541 g/mol. The number of β-amino-alcohol motifs (C(OH)–C–C–N with tert-alkyl or cyclic N) is 1. The predicted molar refractivity (Wildman–Crippen MR) is 144 cm³/mol. The van der Waals surface area contributed by atoms with Crippen molar-refractivity contribution >= 4 is 5.91 Å². The van der Waals surface area contributed by atoms with E-state index >= 15 is 0 Å². The molecule has 210 valence electrons. The Bertz CT molecular complexity index is 1230. The average Bonchev–Trinajstić information content (AvgIpc) is 3.31. The van der Waals surface area contributed by atoms with Gasteiger partial charge in [-0.1, -0.05) is 13.0 Å². The number of benzene rings is 2. The number of methoxy groups -OCH3 is 1. The quantitative estimate of drug-likeness (QED) is 0.400. The van der Waals surface area contributed by atoms with Gasteiger partial charge in [0.05, 0.1) is 20.2 Å². The number of carbonyl (C=O) groups is 1. The van der Waals surface area contributed by atoms with E-state index in [0.29, 0.717) is 56.6 Å². The molecule has 0 aliphatic carbocycles. The van der Waals surface area contributed by atoms with Gasteiger partial charge in [0.15, 0.2) is 11.5 Å². The fourth-order valence-corrected chi connectivity index (χ4v) is 4.79. The second-order valence-electron chi connectivity index (χ2n) is 9.84. The van der Waals surface area contributed by atoms with Crippen LogP contribution in [0.15, 0.2) is 54.9 Å². The maximum atomic E-state index is 13.3. The molecule has 1 N–H and O–H groups in total. The number of nitrogens with zero attached hydrogens (tertiary/aromatic N) is 4. The molecule has 1 aliphatic heterocycles. The first-order valence-electron chi connectivity index (χ1n) is 13.2. The summed E-state index contributed by atoms with van der Waals surface area (Å²) >= 11 is 0. The Hall–Kier alpha value is -3.63. The van der Waals surface area contributed by atoms with E-state index in [2.05, 4.69) is 21.4 Å². The number of aliphatic hydroxyl groups is 1. The molecule has 2 aromatic carbocycles. The molecule has 4 rings (SSSR count). The van der Waals surface area contributed by atoms with Gasteiger partial charge in [-0.2, -0.15) is 0 Å². The van der Waals surface area contributed by atoms with Crippen LogP contribution >= 0.6 is 0 Å². The number of amides is 1. The molecule has 1 fully saturated rings. The van der Waals surface area contributed by atoms with Crippen LogP contribution in [0.1, 0.15) is 25.2 Å². The summed E-state index contributed by atoms with van der Waals surface area (Å²) < 4.78 is 32.8. The van der Waals surface area contributed by atoms with E-state index in [9.17, 15) is 14.3 Å². The lowest BCUT2D eigenvalue weighted by Gasteiger charge is -2.32. The lowest BCUT2D eigenvalue weighted by Crippen LogP contribution is -2.51. The number of hydrogen-bond acceptors (Lipinski definition) is 7. The topological polar surface area (TPSA) is 89.3 Å². The van der Waals surface area contributed by atoms with Crippen LogP contribution in [0.25, 0.3) is 0 Å². The lowest BCUT2D eigenvalue weighted by atomic mass is 10.0. The minimum absolute atomic E-state index is 0.0378. The number of imidazole rings is 1. The zero-order valence-corrected chi connectivity index (χ0v) is 22.8. The summed E-state index contributed by atoms with van der Waals surface area (Å²) in [4.78, 5) is 20.3. The minimum atomic E-state index is -1.32. The standard InChI is InChI=1S/C29H37FN4O5/c1-4-28-31-11-12-33(28)15-16-38-27-17-23(5-10-26(27)37-3)18-32-13-14-34(22(2)35)20-29(36,19-32)21-39-25-8-6-24(30)7-9-25/h5-12,17,36H,4,13-16,18-21H2,1-3H3. The zero-order valence-electron chi connectivity index (χ0n) is 22.8. The van der Waals surface area contributed by atoms with Crippen LogP contribution in [0.3, 0.4) is 0 Å². The third kappa shape index (κ3) is 7.70. The highest BCUT2D eigenvalue weighted by Gasteiger charge is 2.37. The van der Waals surface area contributed by atoms with Crippen molar-refractivity contribution in [3.05, 3.63) is 72.1 Å². The highest BCUT2D eigenvalue weighted by molar-refractivity contribution is 5.73. The van der Waals surface area contributed by atoms with E-state index in [1.54, 1.807) is 18.2 Å². The molecule has 9 nitrogen and oxygen atoms in total. The second kappa shape index (κ2) is 12.9. The highest BCUT2D eigenvalue weighted by Crippen LogP contribution is 2.29. The van der Waals surface area contributed by atoms with Crippen LogP contribution in [-0.4, -0.2) is 82.5 Å². The Kier molecular flexibility index (Phi) is 9.42. The van der Waals surface area contributed by atoms with E-state index in [-0.39, 0.29) is 24.9 Å². The smallest absolute Gasteiger partial charge is 0.219 e. The van der Waals surface area contributed by atoms with Crippen molar-refractivity contribution in [3.8, 4) is 17.2 Å². The van der Waals surface area contributed by atoms with Crippen LogP contribution in [0.2, 0.25) is 0 Å². The third-order valence-electron chi connectivity index (χ3n) is 6.80. The largest absolute Gasteiger partial charge is 0.493 e. The maximum Gasteiger partial charge on any atom is 0.219 e. The highest BCUT2D eigenvalue weighted by atomic mass is 19.1. The minimum Gasteiger partial charge on any atom is -0.493 e. The van der Waals surface area contributed by atoms with E-state index < -0.39 is 5.60 Å². The van der Waals surface area contributed by atoms with Gasteiger partial charge in [-0.25, -0.2) is 9.37 Å². The molecule has 0 bridgehead atoms. The summed E-state index contributed by atoms with van der Waals surface area (Å²) in [6, 6.07) is 11.5. The first kappa shape index (κ1) is 28.4. The summed E-state index contributed by atoms with van der Waals surface area (Å²) in [6.45, 7) is 6.70. The van der Waals surface area contributed by atoms with Crippen LogP contribution in [0.4, 0.5) is 4.39 Å². The fraction of sp³-hybridized carbons (Fsp3) is 0.448. The van der Waals surface area contributed by atoms with Crippen molar-refractivity contribution in [2.75, 3.05) is 46.5 Å². The molecule has 0 saturated carbocycles.